The molecule has 3 aromatic rings. The average Bonchev–Trinajstić information content (AvgIpc) is 2.95. The summed E-state index contributed by atoms with van der Waals surface area (Å²) in [6.07, 6.45) is -15.0. The van der Waals surface area contributed by atoms with Crippen LogP contribution in [0.3, 0.4) is 0 Å². The van der Waals surface area contributed by atoms with Crippen LogP contribution < -0.4 is 17.1 Å². The van der Waals surface area contributed by atoms with Gasteiger partial charge in [0.1, 0.15) is 53.5 Å². The Kier molecular flexibility index (Phi) is 9.57. The fourth-order valence-electron chi connectivity index (χ4n) is 4.68. The van der Waals surface area contributed by atoms with E-state index < -0.39 is 91.5 Å². The van der Waals surface area contributed by atoms with E-state index in [0.717, 1.165) is 24.3 Å². The quantitative estimate of drug-likeness (QED) is 0.0903. The molecule has 11 N–H and O–H groups in total. The lowest BCUT2D eigenvalue weighted by molar-refractivity contribution is -0.344. The van der Waals surface area contributed by atoms with Crippen LogP contribution in [-0.2, 0) is 14.2 Å². The summed E-state index contributed by atoms with van der Waals surface area (Å²) >= 11 is 0. The van der Waals surface area contributed by atoms with Crippen molar-refractivity contribution in [2.75, 3.05) is 13.2 Å². The molecule has 0 aliphatic carbocycles. The van der Waals surface area contributed by atoms with Gasteiger partial charge in [-0.1, -0.05) is 0 Å². The Bertz CT molecular complexity index is 1430. The lowest BCUT2D eigenvalue weighted by atomic mass is 9.98. The molecule has 0 bridgehead atoms. The van der Waals surface area contributed by atoms with Crippen molar-refractivity contribution in [2.45, 2.75) is 55.3 Å². The number of ether oxygens (including phenoxy) is 4. The predicted octanol–water partition coefficient (Wildman–Crippen LogP) is -4.45. The number of halogens is 1. The first kappa shape index (κ1) is 32.5. The molecule has 5 rings (SSSR count). The first-order valence-corrected chi connectivity index (χ1v) is 12.6. The van der Waals surface area contributed by atoms with E-state index in [2.05, 4.69) is 0 Å². The first-order chi connectivity index (χ1) is 19.9. The van der Waals surface area contributed by atoms with Crippen LogP contribution in [0.5, 0.6) is 34.5 Å². The van der Waals surface area contributed by atoms with E-state index in [-0.39, 0.29) is 46.2 Å². The van der Waals surface area contributed by atoms with Gasteiger partial charge in [-0.2, -0.15) is 0 Å². The molecule has 2 saturated heterocycles. The van der Waals surface area contributed by atoms with Crippen LogP contribution in [-0.4, -0.2) is 125 Å². The summed E-state index contributed by atoms with van der Waals surface area (Å²) in [5, 5.41) is 112. The van der Waals surface area contributed by atoms with Gasteiger partial charge >= 0.3 is 11.3 Å². The van der Waals surface area contributed by atoms with Crippen molar-refractivity contribution < 1.29 is 91.9 Å². The van der Waals surface area contributed by atoms with Gasteiger partial charge in [-0.3, -0.25) is 0 Å². The topological polar surface area (TPSA) is 271 Å². The Morgan fingerprint density at radius 2 is 1.47 bits per heavy atom. The third-order valence-electron chi connectivity index (χ3n) is 6.96. The largest absolute Gasteiger partial charge is 1.00 e. The van der Waals surface area contributed by atoms with Gasteiger partial charge < -0.3 is 87.5 Å². The Hall–Kier alpha value is -3.42. The number of fused-ring (bicyclic) bond motifs is 1. The number of aliphatic hydroxyl groups excluding tert-OH is 6. The average molecular weight is 633 g/mol. The third kappa shape index (κ3) is 6.16. The normalized spacial score (nSPS) is 31.0. The van der Waals surface area contributed by atoms with Crippen LogP contribution in [0.15, 0.2) is 34.7 Å². The fourth-order valence-corrected chi connectivity index (χ4v) is 4.68. The molecule has 9 atom stereocenters. The molecule has 0 radical (unpaired) electrons. The second kappa shape index (κ2) is 12.7. The molecule has 2 aliphatic heterocycles. The summed E-state index contributed by atoms with van der Waals surface area (Å²) in [4.78, 5) is 0. The van der Waals surface area contributed by atoms with Gasteiger partial charge in [-0.05, 0) is 0 Å². The number of hydrogen-bond acceptors (Lipinski definition) is 15. The number of aromatic hydroxyl groups is 5. The number of rotatable bonds is 6. The Morgan fingerprint density at radius 1 is 0.791 bits per heavy atom. The first-order valence-electron chi connectivity index (χ1n) is 12.6. The van der Waals surface area contributed by atoms with Gasteiger partial charge in [-0.15, -0.1) is 0 Å². The number of phenols is 5. The van der Waals surface area contributed by atoms with Crippen molar-refractivity contribution >= 4 is 11.0 Å². The minimum absolute atomic E-state index is 0. The highest BCUT2D eigenvalue weighted by molar-refractivity contribution is 5.88. The smallest absolute Gasteiger partial charge is 0.402 e. The van der Waals surface area contributed by atoms with Gasteiger partial charge in [0.2, 0.25) is 12.0 Å². The van der Waals surface area contributed by atoms with Crippen molar-refractivity contribution in [1.82, 2.24) is 0 Å². The maximum atomic E-state index is 10.9. The maximum Gasteiger partial charge on any atom is 0.402 e. The van der Waals surface area contributed by atoms with E-state index in [1.54, 1.807) is 0 Å². The summed E-state index contributed by atoms with van der Waals surface area (Å²) in [5.74, 6) is -3.71. The molecule has 2 fully saturated rings. The summed E-state index contributed by atoms with van der Waals surface area (Å²) in [6.45, 7) is -1.24. The van der Waals surface area contributed by atoms with Crippen LogP contribution in [0.1, 0.15) is 0 Å². The number of phenolic OH excluding ortho intramolecular Hbond substituents is 5. The van der Waals surface area contributed by atoms with Crippen LogP contribution >= 0.6 is 0 Å². The van der Waals surface area contributed by atoms with Gasteiger partial charge in [-0.25, -0.2) is 4.42 Å². The zero-order valence-corrected chi connectivity index (χ0v) is 22.6. The zero-order chi connectivity index (χ0) is 30.5. The summed E-state index contributed by atoms with van der Waals surface area (Å²) in [5.41, 5.74) is -0.174. The summed E-state index contributed by atoms with van der Waals surface area (Å²) < 4.78 is 28.3. The van der Waals surface area contributed by atoms with Crippen LogP contribution in [0.4, 0.5) is 0 Å². The molecule has 0 amide bonds. The van der Waals surface area contributed by atoms with Crippen LogP contribution in [0.25, 0.3) is 22.3 Å². The Labute approximate surface area is 247 Å². The van der Waals surface area contributed by atoms with E-state index in [0.29, 0.717) is 0 Å². The number of aliphatic hydroxyl groups is 6. The number of benzene rings is 2. The van der Waals surface area contributed by atoms with E-state index in [1.165, 1.54) is 6.07 Å². The Balaban J connectivity index is 0.00000423. The summed E-state index contributed by atoms with van der Waals surface area (Å²) in [7, 11) is 0. The monoisotopic (exact) mass is 632 g/mol. The molecular weight excluding hydrogens is 604 g/mol. The zero-order valence-electron chi connectivity index (χ0n) is 21.8. The molecule has 2 aliphatic rings. The van der Waals surface area contributed by atoms with Crippen molar-refractivity contribution in [2.24, 2.45) is 0 Å². The lowest BCUT2D eigenvalue weighted by Gasteiger charge is -2.44. The molecule has 17 heteroatoms. The molecule has 2 aromatic carbocycles. The fraction of sp³-hybridized carbons (Fsp3) is 0.423. The van der Waals surface area contributed by atoms with E-state index in [1.807, 2.05) is 0 Å². The standard InChI is InChI=1S/C26H28O16.ClH/c27-6-17-20(35)21(36)24(42-25-22(37)19(34)14(32)7-38-25)26(41-17)40-16-5-10-11(29)3-9(28)4-15(10)39-23(16)8-1-12(30)18(33)13(31)2-8;/h1-5,14,17,19-22,24-27,32,34-37H,6-7H2,(H4-,28,29,30,31,33);1H. The van der Waals surface area contributed by atoms with Gasteiger partial charge in [0.25, 0.3) is 0 Å². The lowest BCUT2D eigenvalue weighted by Crippen LogP contribution is -3.00. The SMILES string of the molecule is OCC1OC(Oc2cc3c(O)cc(O)cc3[o+]c2-c2cc(O)c(O)c(O)c2)C(OC2OCC(O)C(O)C2O)C(O)C1O.[Cl-]. The number of hydrogen-bond donors (Lipinski definition) is 11. The predicted molar refractivity (Wildman–Crippen MR) is 135 cm³/mol. The summed E-state index contributed by atoms with van der Waals surface area (Å²) in [6, 6.07) is 5.36. The molecule has 43 heavy (non-hydrogen) atoms. The molecule has 0 saturated carbocycles. The second-order valence-electron chi connectivity index (χ2n) is 9.86. The minimum atomic E-state index is -1.84. The van der Waals surface area contributed by atoms with Crippen molar-refractivity contribution in [3.05, 3.63) is 30.3 Å². The van der Waals surface area contributed by atoms with E-state index in [4.69, 9.17) is 23.4 Å². The van der Waals surface area contributed by atoms with Gasteiger partial charge in [0, 0.05) is 24.3 Å². The molecule has 0 spiro atoms. The highest BCUT2D eigenvalue weighted by Crippen LogP contribution is 2.45. The molecule has 236 valence electrons. The minimum Gasteiger partial charge on any atom is -1.00 e. The molecule has 1 aromatic heterocycles. The van der Waals surface area contributed by atoms with Crippen LogP contribution in [0.2, 0.25) is 0 Å². The maximum absolute atomic E-state index is 10.9. The highest BCUT2D eigenvalue weighted by Gasteiger charge is 2.50. The molecule has 3 heterocycles. The van der Waals surface area contributed by atoms with Crippen molar-refractivity contribution in [3.8, 4) is 45.8 Å². The van der Waals surface area contributed by atoms with Crippen molar-refractivity contribution in [1.29, 1.82) is 0 Å². The second-order valence-corrected chi connectivity index (χ2v) is 9.86. The third-order valence-corrected chi connectivity index (χ3v) is 6.96. The molecule has 16 nitrogen and oxygen atoms in total. The van der Waals surface area contributed by atoms with E-state index >= 15 is 0 Å². The highest BCUT2D eigenvalue weighted by atomic mass is 35.5. The van der Waals surface area contributed by atoms with Crippen molar-refractivity contribution in [3.63, 3.8) is 0 Å². The van der Waals surface area contributed by atoms with E-state index in [9.17, 15) is 56.2 Å². The van der Waals surface area contributed by atoms with Gasteiger partial charge in [0.15, 0.2) is 29.6 Å². The van der Waals surface area contributed by atoms with Crippen LogP contribution in [0, 0.1) is 0 Å². The van der Waals surface area contributed by atoms with Gasteiger partial charge in [0.05, 0.1) is 24.8 Å². The Morgan fingerprint density at radius 3 is 2.12 bits per heavy atom. The molecule has 9 unspecified atom stereocenters. The molecular formula is C26H29ClO16.